The maximum atomic E-state index is 11.2. The van der Waals surface area contributed by atoms with E-state index in [1.165, 1.54) is 18.4 Å². The number of rotatable bonds is 5. The first-order valence-corrected chi connectivity index (χ1v) is 6.81. The van der Waals surface area contributed by atoms with Crippen molar-refractivity contribution < 1.29 is 19.7 Å². The van der Waals surface area contributed by atoms with Crippen molar-refractivity contribution in [2.24, 2.45) is 0 Å². The summed E-state index contributed by atoms with van der Waals surface area (Å²) in [5.41, 5.74) is 1.30. The first-order valence-electron chi connectivity index (χ1n) is 6.81. The molecule has 2 aromatic rings. The van der Waals surface area contributed by atoms with Crippen molar-refractivity contribution >= 4 is 5.97 Å². The van der Waals surface area contributed by atoms with E-state index in [-0.39, 0.29) is 11.3 Å². The fourth-order valence-electron chi connectivity index (χ4n) is 2.31. The molecule has 0 atom stereocenters. The molecular weight excluding hydrogens is 280 g/mol. The average molecular weight is 298 g/mol. The van der Waals surface area contributed by atoms with Crippen LogP contribution in [0.2, 0.25) is 0 Å². The highest BCUT2D eigenvalue weighted by molar-refractivity contribution is 5.91. The van der Waals surface area contributed by atoms with Gasteiger partial charge in [-0.2, -0.15) is 0 Å². The lowest BCUT2D eigenvalue weighted by Gasteiger charge is -2.26. The summed E-state index contributed by atoms with van der Waals surface area (Å²) in [6, 6.07) is 12.2. The quantitative estimate of drug-likeness (QED) is 0.820. The van der Waals surface area contributed by atoms with Gasteiger partial charge in [0.05, 0.1) is 6.26 Å². The molecule has 2 aromatic carbocycles. The molecule has 4 nitrogen and oxygen atoms in total. The molecule has 0 saturated heterocycles. The van der Waals surface area contributed by atoms with E-state index in [1.54, 1.807) is 6.07 Å². The molecular formula is C18H18O4. The van der Waals surface area contributed by atoms with E-state index in [4.69, 9.17) is 9.84 Å². The molecule has 0 bridgehead atoms. The van der Waals surface area contributed by atoms with Crippen LogP contribution in [-0.4, -0.2) is 16.2 Å². The molecule has 0 spiro atoms. The highest BCUT2D eigenvalue weighted by Gasteiger charge is 2.25. The van der Waals surface area contributed by atoms with Crippen molar-refractivity contribution in [3.05, 3.63) is 72.0 Å². The molecule has 0 unspecified atom stereocenters. The van der Waals surface area contributed by atoms with Gasteiger partial charge in [0, 0.05) is 5.41 Å². The van der Waals surface area contributed by atoms with Crippen LogP contribution in [0.25, 0.3) is 0 Å². The zero-order valence-corrected chi connectivity index (χ0v) is 12.5. The van der Waals surface area contributed by atoms with E-state index in [0.29, 0.717) is 5.75 Å². The zero-order valence-electron chi connectivity index (χ0n) is 12.5. The number of aromatic hydroxyl groups is 1. The topological polar surface area (TPSA) is 66.8 Å². The average Bonchev–Trinajstić information content (AvgIpc) is 2.48. The highest BCUT2D eigenvalue weighted by atomic mass is 16.5. The maximum absolute atomic E-state index is 11.2. The van der Waals surface area contributed by atoms with Gasteiger partial charge < -0.3 is 14.9 Å². The Bertz CT molecular complexity index is 700. The fraction of sp³-hybridized carbons (Fsp3) is 0.167. The molecule has 0 aromatic heterocycles. The Morgan fingerprint density at radius 3 is 2.27 bits per heavy atom. The molecule has 2 N–H and O–H groups in total. The standard InChI is InChI=1S/C18H18O4/c1-4-22-14-8-5-12(6-9-14)18(2,3)13-7-10-16(19)15(11-13)17(20)21/h4-11,19H,1H2,2-3H3,(H,20,21). The minimum absolute atomic E-state index is 0.0998. The van der Waals surface area contributed by atoms with Crippen LogP contribution < -0.4 is 4.74 Å². The second-order valence-electron chi connectivity index (χ2n) is 5.47. The summed E-state index contributed by atoms with van der Waals surface area (Å²) in [4.78, 5) is 11.2. The van der Waals surface area contributed by atoms with Gasteiger partial charge in [-0.3, -0.25) is 0 Å². The van der Waals surface area contributed by atoms with E-state index in [0.717, 1.165) is 11.1 Å². The van der Waals surface area contributed by atoms with Crippen molar-refractivity contribution in [3.8, 4) is 11.5 Å². The molecule has 0 saturated carbocycles. The van der Waals surface area contributed by atoms with E-state index >= 15 is 0 Å². The molecule has 0 aliphatic rings. The number of ether oxygens (including phenoxy) is 1. The second kappa shape index (κ2) is 5.93. The first-order chi connectivity index (χ1) is 10.4. The van der Waals surface area contributed by atoms with E-state index in [9.17, 15) is 9.90 Å². The normalized spacial score (nSPS) is 11.0. The molecule has 22 heavy (non-hydrogen) atoms. The van der Waals surface area contributed by atoms with E-state index in [2.05, 4.69) is 6.58 Å². The molecule has 0 aliphatic carbocycles. The Morgan fingerprint density at radius 1 is 1.14 bits per heavy atom. The number of hydrogen-bond acceptors (Lipinski definition) is 3. The number of phenols is 1. The van der Waals surface area contributed by atoms with Crippen LogP contribution in [0, 0.1) is 0 Å². The van der Waals surface area contributed by atoms with Crippen molar-refractivity contribution in [3.63, 3.8) is 0 Å². The van der Waals surface area contributed by atoms with Crippen molar-refractivity contribution in [2.75, 3.05) is 0 Å². The Balaban J connectivity index is 2.43. The Kier molecular flexibility index (Phi) is 4.22. The highest BCUT2D eigenvalue weighted by Crippen LogP contribution is 2.34. The van der Waals surface area contributed by atoms with Gasteiger partial charge in [-0.15, -0.1) is 0 Å². The largest absolute Gasteiger partial charge is 0.507 e. The Labute approximate surface area is 129 Å². The van der Waals surface area contributed by atoms with Crippen LogP contribution in [0.15, 0.2) is 55.3 Å². The van der Waals surface area contributed by atoms with Gasteiger partial charge in [0.25, 0.3) is 0 Å². The smallest absolute Gasteiger partial charge is 0.339 e. The molecule has 0 aliphatic heterocycles. The summed E-state index contributed by atoms with van der Waals surface area (Å²) in [6.45, 7) is 7.50. The van der Waals surface area contributed by atoms with Gasteiger partial charge in [0.1, 0.15) is 17.1 Å². The molecule has 0 amide bonds. The predicted octanol–water partition coefficient (Wildman–Crippen LogP) is 3.94. The number of benzene rings is 2. The SMILES string of the molecule is C=COc1ccc(C(C)(C)c2ccc(O)c(C(=O)O)c2)cc1. The van der Waals surface area contributed by atoms with Crippen molar-refractivity contribution in [1.82, 2.24) is 0 Å². The van der Waals surface area contributed by atoms with Crippen LogP contribution in [0.4, 0.5) is 0 Å². The van der Waals surface area contributed by atoms with Crippen LogP contribution in [0.3, 0.4) is 0 Å². The lowest BCUT2D eigenvalue weighted by Crippen LogP contribution is -2.19. The van der Waals surface area contributed by atoms with Gasteiger partial charge in [-0.1, -0.05) is 38.6 Å². The summed E-state index contributed by atoms with van der Waals surface area (Å²) >= 11 is 0. The summed E-state index contributed by atoms with van der Waals surface area (Å²) < 4.78 is 5.20. The lowest BCUT2D eigenvalue weighted by atomic mass is 9.77. The van der Waals surface area contributed by atoms with Crippen molar-refractivity contribution in [2.45, 2.75) is 19.3 Å². The molecule has 4 heteroatoms. The first kappa shape index (κ1) is 15.6. The third-order valence-electron chi connectivity index (χ3n) is 3.74. The number of hydrogen-bond donors (Lipinski definition) is 2. The third-order valence-corrected chi connectivity index (χ3v) is 3.74. The van der Waals surface area contributed by atoms with Crippen LogP contribution in [0.5, 0.6) is 11.5 Å². The molecule has 2 rings (SSSR count). The monoisotopic (exact) mass is 298 g/mol. The molecule has 0 heterocycles. The van der Waals surface area contributed by atoms with E-state index < -0.39 is 11.4 Å². The van der Waals surface area contributed by atoms with Gasteiger partial charge in [0.2, 0.25) is 0 Å². The number of carboxylic acids is 1. The van der Waals surface area contributed by atoms with Crippen LogP contribution in [0.1, 0.15) is 35.3 Å². The summed E-state index contributed by atoms with van der Waals surface area (Å²) in [7, 11) is 0. The fourth-order valence-corrected chi connectivity index (χ4v) is 2.31. The van der Waals surface area contributed by atoms with Crippen LogP contribution in [-0.2, 0) is 5.41 Å². The lowest BCUT2D eigenvalue weighted by molar-refractivity contribution is 0.0693. The minimum atomic E-state index is -1.15. The molecule has 0 fully saturated rings. The second-order valence-corrected chi connectivity index (χ2v) is 5.47. The number of carboxylic acid groups (broad SMARTS) is 1. The van der Waals surface area contributed by atoms with Crippen molar-refractivity contribution in [1.29, 1.82) is 0 Å². The Morgan fingerprint density at radius 2 is 1.73 bits per heavy atom. The summed E-state index contributed by atoms with van der Waals surface area (Å²) in [5.74, 6) is -0.696. The summed E-state index contributed by atoms with van der Waals surface area (Å²) in [6.07, 6.45) is 1.36. The maximum Gasteiger partial charge on any atom is 0.339 e. The predicted molar refractivity (Wildman–Crippen MR) is 84.5 cm³/mol. The van der Waals surface area contributed by atoms with Gasteiger partial charge in [-0.25, -0.2) is 4.79 Å². The van der Waals surface area contributed by atoms with E-state index in [1.807, 2.05) is 38.1 Å². The number of carbonyl (C=O) groups is 1. The van der Waals surface area contributed by atoms with Crippen LogP contribution >= 0.6 is 0 Å². The minimum Gasteiger partial charge on any atom is -0.507 e. The number of aromatic carboxylic acids is 1. The van der Waals surface area contributed by atoms with Gasteiger partial charge in [-0.05, 0) is 35.4 Å². The molecule has 0 radical (unpaired) electrons. The molecule has 114 valence electrons. The van der Waals surface area contributed by atoms with Gasteiger partial charge in [0.15, 0.2) is 0 Å². The Hall–Kier alpha value is -2.75. The summed E-state index contributed by atoms with van der Waals surface area (Å²) in [5, 5.41) is 18.8. The van der Waals surface area contributed by atoms with Gasteiger partial charge >= 0.3 is 5.97 Å². The third kappa shape index (κ3) is 2.96. The zero-order chi connectivity index (χ0) is 16.3.